The van der Waals surface area contributed by atoms with Gasteiger partial charge < -0.3 is 14.8 Å². The Hall–Kier alpha value is -1.26. The van der Waals surface area contributed by atoms with E-state index in [0.717, 1.165) is 36.2 Å². The highest BCUT2D eigenvalue weighted by molar-refractivity contribution is 5.40. The third-order valence-electron chi connectivity index (χ3n) is 4.07. The van der Waals surface area contributed by atoms with Gasteiger partial charge in [0.2, 0.25) is 0 Å². The van der Waals surface area contributed by atoms with Gasteiger partial charge in [0, 0.05) is 36.8 Å². The van der Waals surface area contributed by atoms with Gasteiger partial charge in [-0.1, -0.05) is 6.07 Å². The van der Waals surface area contributed by atoms with E-state index < -0.39 is 0 Å². The summed E-state index contributed by atoms with van der Waals surface area (Å²) in [5, 5.41) is 3.51. The van der Waals surface area contributed by atoms with Crippen molar-refractivity contribution in [2.75, 3.05) is 27.8 Å². The maximum absolute atomic E-state index is 5.41. The van der Waals surface area contributed by atoms with Gasteiger partial charge in [-0.25, -0.2) is 0 Å². The van der Waals surface area contributed by atoms with E-state index in [1.54, 1.807) is 14.2 Å². The van der Waals surface area contributed by atoms with Crippen LogP contribution in [0.4, 0.5) is 0 Å². The molecule has 4 nitrogen and oxygen atoms in total. The van der Waals surface area contributed by atoms with E-state index in [4.69, 9.17) is 9.47 Å². The Morgan fingerprint density at radius 1 is 1.30 bits per heavy atom. The van der Waals surface area contributed by atoms with Crippen LogP contribution in [0.25, 0.3) is 0 Å². The van der Waals surface area contributed by atoms with Gasteiger partial charge in [-0.2, -0.15) is 0 Å². The lowest BCUT2D eigenvalue weighted by Gasteiger charge is -2.24. The number of nitrogens with one attached hydrogen (secondary N) is 1. The van der Waals surface area contributed by atoms with Crippen LogP contribution < -0.4 is 14.8 Å². The fraction of sp³-hybridized carbons (Fsp3) is 0.625. The molecule has 0 aliphatic heterocycles. The molecule has 0 radical (unpaired) electrons. The Kier molecular flexibility index (Phi) is 5.26. The zero-order chi connectivity index (χ0) is 14.5. The van der Waals surface area contributed by atoms with E-state index in [9.17, 15) is 0 Å². The molecule has 1 unspecified atom stereocenters. The van der Waals surface area contributed by atoms with Crippen molar-refractivity contribution in [2.45, 2.75) is 38.4 Å². The molecule has 20 heavy (non-hydrogen) atoms. The van der Waals surface area contributed by atoms with E-state index in [0.29, 0.717) is 6.04 Å². The van der Waals surface area contributed by atoms with Crippen molar-refractivity contribution in [2.24, 2.45) is 0 Å². The van der Waals surface area contributed by atoms with Crippen molar-refractivity contribution in [3.8, 4) is 11.5 Å². The first-order valence-electron chi connectivity index (χ1n) is 7.29. The third kappa shape index (κ3) is 3.87. The molecule has 0 heterocycles. The standard InChI is InChI=1S/C16H26N2O2/c1-12(18(2)14-6-7-14)10-17-11-13-5-8-15(19-3)9-16(13)20-4/h5,8-9,12,14,17H,6-7,10-11H2,1-4H3. The molecule has 1 aliphatic rings. The summed E-state index contributed by atoms with van der Waals surface area (Å²) in [6.07, 6.45) is 2.71. The van der Waals surface area contributed by atoms with E-state index in [-0.39, 0.29) is 0 Å². The van der Waals surface area contributed by atoms with Crippen molar-refractivity contribution in [1.29, 1.82) is 0 Å². The van der Waals surface area contributed by atoms with Crippen LogP contribution in [0, 0.1) is 0 Å². The van der Waals surface area contributed by atoms with Gasteiger partial charge in [0.05, 0.1) is 14.2 Å². The number of hydrogen-bond donors (Lipinski definition) is 1. The maximum Gasteiger partial charge on any atom is 0.127 e. The van der Waals surface area contributed by atoms with E-state index in [2.05, 4.69) is 30.3 Å². The maximum atomic E-state index is 5.41. The van der Waals surface area contributed by atoms with Gasteiger partial charge in [0.15, 0.2) is 0 Å². The second kappa shape index (κ2) is 6.95. The normalized spacial score (nSPS) is 16.2. The second-order valence-electron chi connectivity index (χ2n) is 5.55. The molecule has 1 aromatic rings. The third-order valence-corrected chi connectivity index (χ3v) is 4.07. The van der Waals surface area contributed by atoms with Gasteiger partial charge in [-0.05, 0) is 32.9 Å². The minimum absolute atomic E-state index is 0.562. The molecule has 0 spiro atoms. The summed E-state index contributed by atoms with van der Waals surface area (Å²) >= 11 is 0. The van der Waals surface area contributed by atoms with Gasteiger partial charge >= 0.3 is 0 Å². The van der Waals surface area contributed by atoms with Crippen molar-refractivity contribution < 1.29 is 9.47 Å². The molecular weight excluding hydrogens is 252 g/mol. The number of benzene rings is 1. The Bertz CT molecular complexity index is 432. The molecule has 0 saturated heterocycles. The van der Waals surface area contributed by atoms with Crippen molar-refractivity contribution in [3.05, 3.63) is 23.8 Å². The summed E-state index contributed by atoms with van der Waals surface area (Å²) in [7, 11) is 5.59. The van der Waals surface area contributed by atoms with Crippen molar-refractivity contribution in [1.82, 2.24) is 10.2 Å². The predicted molar refractivity (Wildman–Crippen MR) is 81.5 cm³/mol. The summed E-state index contributed by atoms with van der Waals surface area (Å²) in [5.41, 5.74) is 1.16. The molecule has 0 bridgehead atoms. The van der Waals surface area contributed by atoms with Gasteiger partial charge in [0.25, 0.3) is 0 Å². The largest absolute Gasteiger partial charge is 0.497 e. The highest BCUT2D eigenvalue weighted by Crippen LogP contribution is 2.27. The van der Waals surface area contributed by atoms with Crippen LogP contribution >= 0.6 is 0 Å². The molecule has 1 N–H and O–H groups in total. The second-order valence-corrected chi connectivity index (χ2v) is 5.55. The molecule has 1 aliphatic carbocycles. The lowest BCUT2D eigenvalue weighted by atomic mass is 10.2. The first-order chi connectivity index (χ1) is 9.65. The topological polar surface area (TPSA) is 33.7 Å². The minimum Gasteiger partial charge on any atom is -0.497 e. The molecular formula is C16H26N2O2. The molecule has 1 atom stereocenters. The summed E-state index contributed by atoms with van der Waals surface area (Å²) in [5.74, 6) is 1.70. The molecule has 1 aromatic carbocycles. The zero-order valence-corrected chi connectivity index (χ0v) is 13.0. The lowest BCUT2D eigenvalue weighted by molar-refractivity contribution is 0.240. The summed E-state index contributed by atoms with van der Waals surface area (Å²) in [6, 6.07) is 7.32. The number of nitrogens with zero attached hydrogens (tertiary/aromatic N) is 1. The number of rotatable bonds is 8. The number of methoxy groups -OCH3 is 2. The quantitative estimate of drug-likeness (QED) is 0.791. The summed E-state index contributed by atoms with van der Waals surface area (Å²) < 4.78 is 10.6. The van der Waals surface area contributed by atoms with E-state index in [1.165, 1.54) is 12.8 Å². The van der Waals surface area contributed by atoms with Crippen LogP contribution in [-0.2, 0) is 6.54 Å². The molecule has 0 aromatic heterocycles. The summed E-state index contributed by atoms with van der Waals surface area (Å²) in [4.78, 5) is 2.47. The Balaban J connectivity index is 1.83. The average Bonchev–Trinajstić information content (AvgIpc) is 3.31. The number of likely N-dealkylation sites (N-methyl/N-ethyl adjacent to an activating group) is 1. The Morgan fingerprint density at radius 3 is 2.65 bits per heavy atom. The first kappa shape index (κ1) is 15.1. The van der Waals surface area contributed by atoms with Gasteiger partial charge in [0.1, 0.15) is 11.5 Å². The molecule has 1 fully saturated rings. The van der Waals surface area contributed by atoms with Gasteiger partial charge in [-0.3, -0.25) is 4.90 Å². The van der Waals surface area contributed by atoms with Crippen LogP contribution in [0.2, 0.25) is 0 Å². The predicted octanol–water partition coefficient (Wildman–Crippen LogP) is 2.28. The first-order valence-corrected chi connectivity index (χ1v) is 7.29. The Morgan fingerprint density at radius 2 is 2.05 bits per heavy atom. The van der Waals surface area contributed by atoms with Crippen LogP contribution in [0.5, 0.6) is 11.5 Å². The molecule has 0 amide bonds. The molecule has 112 valence electrons. The fourth-order valence-corrected chi connectivity index (χ4v) is 2.40. The van der Waals surface area contributed by atoms with Crippen LogP contribution in [0.3, 0.4) is 0 Å². The van der Waals surface area contributed by atoms with Crippen molar-refractivity contribution in [3.63, 3.8) is 0 Å². The summed E-state index contributed by atoms with van der Waals surface area (Å²) in [6.45, 7) is 4.08. The zero-order valence-electron chi connectivity index (χ0n) is 13.0. The number of ether oxygens (including phenoxy) is 2. The minimum atomic E-state index is 0.562. The van der Waals surface area contributed by atoms with Crippen LogP contribution in [-0.4, -0.2) is 44.8 Å². The lowest BCUT2D eigenvalue weighted by Crippen LogP contribution is -2.38. The van der Waals surface area contributed by atoms with Crippen LogP contribution in [0.15, 0.2) is 18.2 Å². The van der Waals surface area contributed by atoms with E-state index in [1.807, 2.05) is 12.1 Å². The number of hydrogen-bond acceptors (Lipinski definition) is 4. The highest BCUT2D eigenvalue weighted by Gasteiger charge is 2.28. The Labute approximate surface area is 122 Å². The monoisotopic (exact) mass is 278 g/mol. The average molecular weight is 278 g/mol. The van der Waals surface area contributed by atoms with E-state index >= 15 is 0 Å². The smallest absolute Gasteiger partial charge is 0.127 e. The SMILES string of the molecule is COc1ccc(CNCC(C)N(C)C2CC2)c(OC)c1. The highest BCUT2D eigenvalue weighted by atomic mass is 16.5. The van der Waals surface area contributed by atoms with Crippen molar-refractivity contribution >= 4 is 0 Å². The van der Waals surface area contributed by atoms with Gasteiger partial charge in [-0.15, -0.1) is 0 Å². The van der Waals surface area contributed by atoms with Crippen LogP contribution in [0.1, 0.15) is 25.3 Å². The molecule has 2 rings (SSSR count). The molecule has 1 saturated carbocycles. The molecule has 4 heteroatoms. The fourth-order valence-electron chi connectivity index (χ4n) is 2.40.